The van der Waals surface area contributed by atoms with Crippen LogP contribution in [-0.2, 0) is 0 Å². The molecule has 3 heteroatoms. The number of hydrogen-bond donors (Lipinski definition) is 0. The predicted molar refractivity (Wildman–Crippen MR) is 194 cm³/mol. The summed E-state index contributed by atoms with van der Waals surface area (Å²) in [5.41, 5.74) is 5.18. The summed E-state index contributed by atoms with van der Waals surface area (Å²) in [6.45, 7) is 0. The average Bonchev–Trinajstić information content (AvgIpc) is 3.34. The molecule has 0 spiro atoms. The van der Waals surface area contributed by atoms with Gasteiger partial charge in [0.15, 0.2) is 11.6 Å². The normalized spacial score (nSPS) is 12.7. The van der Waals surface area contributed by atoms with Gasteiger partial charge in [-0.2, -0.15) is 0 Å². The van der Waals surface area contributed by atoms with Crippen LogP contribution in [0.3, 0.4) is 0 Å². The molecule has 1 aliphatic rings. The molecule has 1 aliphatic carbocycles. The minimum atomic E-state index is -0.215. The Bertz CT molecular complexity index is 2490. The van der Waals surface area contributed by atoms with Gasteiger partial charge in [0, 0.05) is 28.2 Å². The third-order valence-corrected chi connectivity index (χ3v) is 9.26. The van der Waals surface area contributed by atoms with Gasteiger partial charge < -0.3 is 4.90 Å². The van der Waals surface area contributed by atoms with Gasteiger partial charge in [-0.3, -0.25) is 9.59 Å². The van der Waals surface area contributed by atoms with Gasteiger partial charge in [-0.25, -0.2) is 0 Å². The summed E-state index contributed by atoms with van der Waals surface area (Å²) in [7, 11) is 0. The van der Waals surface area contributed by atoms with Gasteiger partial charge in [-0.05, 0) is 109 Å². The van der Waals surface area contributed by atoms with E-state index in [4.69, 9.17) is 0 Å². The summed E-state index contributed by atoms with van der Waals surface area (Å²) in [5, 5.41) is 8.76. The highest BCUT2D eigenvalue weighted by Crippen LogP contribution is 2.39. The number of benzene rings is 8. The predicted octanol–water partition coefficient (Wildman–Crippen LogP) is 11.2. The highest BCUT2D eigenvalue weighted by Gasteiger charge is 2.33. The fourth-order valence-electron chi connectivity index (χ4n) is 6.87. The minimum Gasteiger partial charge on any atom is -0.310 e. The molecule has 8 aromatic rings. The second-order valence-electron chi connectivity index (χ2n) is 12.2. The Morgan fingerprint density at radius 1 is 0.362 bits per heavy atom. The maximum Gasteiger partial charge on any atom is 0.197 e. The minimum absolute atomic E-state index is 0.213. The molecule has 220 valence electrons. The van der Waals surface area contributed by atoms with Crippen LogP contribution in [-0.4, -0.2) is 11.6 Å². The number of hydrogen-bond acceptors (Lipinski definition) is 3. The van der Waals surface area contributed by atoms with Crippen LogP contribution >= 0.6 is 0 Å². The highest BCUT2D eigenvalue weighted by atomic mass is 16.2. The molecule has 0 heterocycles. The first-order valence-electron chi connectivity index (χ1n) is 15.7. The number of allylic oxidation sites excluding steroid dienone is 1. The lowest BCUT2D eigenvalue weighted by atomic mass is 10.0. The van der Waals surface area contributed by atoms with Crippen LogP contribution in [0.4, 0.5) is 17.1 Å². The van der Waals surface area contributed by atoms with Crippen molar-refractivity contribution in [3.05, 3.63) is 180 Å². The van der Waals surface area contributed by atoms with Gasteiger partial charge in [0.05, 0.1) is 5.57 Å². The van der Waals surface area contributed by atoms with Crippen LogP contribution in [0.1, 0.15) is 26.3 Å². The molecule has 0 aromatic heterocycles. The Morgan fingerprint density at radius 3 is 1.21 bits per heavy atom. The van der Waals surface area contributed by atoms with Gasteiger partial charge in [0.25, 0.3) is 0 Å². The second kappa shape index (κ2) is 10.6. The van der Waals surface area contributed by atoms with E-state index < -0.39 is 0 Å². The van der Waals surface area contributed by atoms with E-state index in [9.17, 15) is 9.59 Å². The largest absolute Gasteiger partial charge is 0.310 e. The third-order valence-electron chi connectivity index (χ3n) is 9.26. The second-order valence-corrected chi connectivity index (χ2v) is 12.2. The zero-order valence-electron chi connectivity index (χ0n) is 25.4. The van der Waals surface area contributed by atoms with Gasteiger partial charge in [0.2, 0.25) is 0 Å². The van der Waals surface area contributed by atoms with Crippen LogP contribution in [0, 0.1) is 0 Å². The number of Topliss-reactive ketones (excluding diaryl/α,β-unsaturated/α-hetero) is 2. The molecule has 9 rings (SSSR count). The van der Waals surface area contributed by atoms with Crippen molar-refractivity contribution in [3.63, 3.8) is 0 Å². The first-order chi connectivity index (χ1) is 23.1. The van der Waals surface area contributed by atoms with E-state index in [2.05, 4.69) is 114 Å². The number of fused-ring (bicyclic) bond motifs is 5. The summed E-state index contributed by atoms with van der Waals surface area (Å²) in [6, 6.07) is 54.0. The van der Waals surface area contributed by atoms with Crippen molar-refractivity contribution in [2.75, 3.05) is 4.90 Å². The van der Waals surface area contributed by atoms with Crippen LogP contribution in [0.5, 0.6) is 0 Å². The molecule has 47 heavy (non-hydrogen) atoms. The van der Waals surface area contributed by atoms with Gasteiger partial charge >= 0.3 is 0 Å². The quantitative estimate of drug-likeness (QED) is 0.149. The van der Waals surface area contributed by atoms with Crippen molar-refractivity contribution < 1.29 is 9.59 Å². The van der Waals surface area contributed by atoms with Crippen LogP contribution < -0.4 is 4.90 Å². The summed E-state index contributed by atoms with van der Waals surface area (Å²) in [4.78, 5) is 29.1. The standard InChI is InChI=1S/C44H27NO2/c46-43-40-26-33-11-5-6-12-34(33)27-41(40)44(47)42(43)22-28-13-14-36-25-39(20-17-35(36)21-28)45(37-18-15-29-7-1-3-9-31(29)23-37)38-19-16-30-8-2-4-10-32(30)24-38/h1-27H. The van der Waals surface area contributed by atoms with E-state index in [-0.39, 0.29) is 17.1 Å². The van der Waals surface area contributed by atoms with Gasteiger partial charge in [0.1, 0.15) is 0 Å². The molecule has 0 atom stereocenters. The van der Waals surface area contributed by atoms with Crippen LogP contribution in [0.25, 0.3) is 49.2 Å². The lowest BCUT2D eigenvalue weighted by Gasteiger charge is -2.26. The molecule has 0 amide bonds. The first kappa shape index (κ1) is 27.0. The molecule has 0 unspecified atom stereocenters. The van der Waals surface area contributed by atoms with Crippen molar-refractivity contribution in [1.29, 1.82) is 0 Å². The van der Waals surface area contributed by atoms with Gasteiger partial charge in [-0.15, -0.1) is 0 Å². The van der Waals surface area contributed by atoms with E-state index in [1.54, 1.807) is 6.08 Å². The Kier molecular flexibility index (Phi) is 6.12. The molecule has 0 fully saturated rings. The first-order valence-corrected chi connectivity index (χ1v) is 15.7. The van der Waals surface area contributed by atoms with Crippen molar-refractivity contribution in [2.24, 2.45) is 0 Å². The summed E-state index contributed by atoms with van der Waals surface area (Å²) >= 11 is 0. The SMILES string of the molecule is O=C1C(=Cc2ccc3cc(N(c4ccc5ccccc5c4)c4ccc5ccccc5c4)ccc3c2)C(=O)c2cc3ccccc3cc21. The number of ketones is 2. The Hall–Kier alpha value is -6.32. The maximum absolute atomic E-state index is 13.4. The van der Waals surface area contributed by atoms with Crippen molar-refractivity contribution in [1.82, 2.24) is 0 Å². The molecular weight excluding hydrogens is 574 g/mol. The molecule has 0 radical (unpaired) electrons. The van der Waals surface area contributed by atoms with Crippen molar-refractivity contribution >= 4 is 77.8 Å². The Morgan fingerprint density at radius 2 is 0.723 bits per heavy atom. The zero-order chi connectivity index (χ0) is 31.5. The van der Waals surface area contributed by atoms with E-state index in [1.165, 1.54) is 21.5 Å². The van der Waals surface area contributed by atoms with E-state index >= 15 is 0 Å². The average molecular weight is 602 g/mol. The Balaban J connectivity index is 1.12. The summed E-state index contributed by atoms with van der Waals surface area (Å²) < 4.78 is 0. The molecular formula is C44H27NO2. The molecule has 0 saturated heterocycles. The molecule has 0 aliphatic heterocycles. The fourth-order valence-corrected chi connectivity index (χ4v) is 6.87. The van der Waals surface area contributed by atoms with Crippen molar-refractivity contribution in [2.45, 2.75) is 0 Å². The van der Waals surface area contributed by atoms with Crippen LogP contribution in [0.2, 0.25) is 0 Å². The molecule has 0 saturated carbocycles. The number of carbonyl (C=O) groups excluding carboxylic acids is 2. The van der Waals surface area contributed by atoms with E-state index in [0.29, 0.717) is 11.1 Å². The lowest BCUT2D eigenvalue weighted by molar-refractivity contribution is 0.0990. The van der Waals surface area contributed by atoms with Gasteiger partial charge in [-0.1, -0.05) is 103 Å². The van der Waals surface area contributed by atoms with Crippen molar-refractivity contribution in [3.8, 4) is 0 Å². The van der Waals surface area contributed by atoms with E-state index in [0.717, 1.165) is 44.2 Å². The number of rotatable bonds is 4. The van der Waals surface area contributed by atoms with E-state index in [1.807, 2.05) is 48.5 Å². The number of carbonyl (C=O) groups is 2. The fraction of sp³-hybridized carbons (Fsp3) is 0. The Labute approximate surface area is 271 Å². The summed E-state index contributed by atoms with van der Waals surface area (Å²) in [5.74, 6) is -0.430. The molecule has 0 N–H and O–H groups in total. The zero-order valence-corrected chi connectivity index (χ0v) is 25.4. The smallest absolute Gasteiger partial charge is 0.197 e. The van der Waals surface area contributed by atoms with Crippen LogP contribution in [0.15, 0.2) is 163 Å². The summed E-state index contributed by atoms with van der Waals surface area (Å²) in [6.07, 6.45) is 1.74. The molecule has 3 nitrogen and oxygen atoms in total. The molecule has 0 bridgehead atoms. The maximum atomic E-state index is 13.4. The number of nitrogens with zero attached hydrogens (tertiary/aromatic N) is 1. The molecule has 8 aromatic carbocycles. The lowest BCUT2D eigenvalue weighted by Crippen LogP contribution is -2.10. The topological polar surface area (TPSA) is 37.4 Å². The number of anilines is 3. The third kappa shape index (κ3) is 4.60. The monoisotopic (exact) mass is 601 g/mol. The highest BCUT2D eigenvalue weighted by molar-refractivity contribution is 6.42.